The van der Waals surface area contributed by atoms with Gasteiger partial charge in [0.2, 0.25) is 0 Å². The Labute approximate surface area is 212 Å². The monoisotopic (exact) mass is 532 g/mol. The quantitative estimate of drug-likeness (QED) is 0.258. The van der Waals surface area contributed by atoms with Crippen molar-refractivity contribution in [1.29, 1.82) is 0 Å². The van der Waals surface area contributed by atoms with Crippen LogP contribution in [-0.4, -0.2) is 41.1 Å². The molecule has 0 radical (unpaired) electrons. The minimum Gasteiger partial charge on any atom is -0.485 e. The van der Waals surface area contributed by atoms with Gasteiger partial charge < -0.3 is 19.8 Å². The molecule has 0 fully saturated rings. The van der Waals surface area contributed by atoms with Crippen LogP contribution in [0.15, 0.2) is 36.7 Å². The summed E-state index contributed by atoms with van der Waals surface area (Å²) in [5.74, 6) is 0.285. The predicted molar refractivity (Wildman–Crippen MR) is 133 cm³/mol. The number of halogens is 2. The molecule has 1 aliphatic rings. The summed E-state index contributed by atoms with van der Waals surface area (Å²) in [6, 6.07) is 6.30. The second-order valence-corrected chi connectivity index (χ2v) is 9.27. The number of aromatic nitrogens is 5. The lowest BCUT2D eigenvalue weighted by molar-refractivity contribution is 0.270. The molecule has 3 N–H and O–H groups in total. The van der Waals surface area contributed by atoms with Crippen LogP contribution in [0.3, 0.4) is 0 Å². The average molecular weight is 533 g/mol. The van der Waals surface area contributed by atoms with Gasteiger partial charge in [-0.05, 0) is 31.2 Å². The molecule has 0 saturated heterocycles. The number of pyridine rings is 1. The zero-order chi connectivity index (χ0) is 25.4. The van der Waals surface area contributed by atoms with Gasteiger partial charge >= 0.3 is 8.60 Å². The smallest absolute Gasteiger partial charge is 0.328 e. The first kappa shape index (κ1) is 24.6. The highest BCUT2D eigenvalue weighted by Gasteiger charge is 2.24. The van der Waals surface area contributed by atoms with Crippen molar-refractivity contribution in [1.82, 2.24) is 24.5 Å². The first-order chi connectivity index (χ1) is 17.3. The summed E-state index contributed by atoms with van der Waals surface area (Å²) in [5.41, 5.74) is 5.29. The van der Waals surface area contributed by atoms with Crippen LogP contribution in [-0.2, 0) is 31.1 Å². The molecule has 0 amide bonds. The number of hydrogen-bond donors (Lipinski definition) is 3. The number of benzene rings is 1. The van der Waals surface area contributed by atoms with E-state index in [0.717, 1.165) is 27.9 Å². The molecule has 0 saturated carbocycles. The molecule has 2 bridgehead atoms. The van der Waals surface area contributed by atoms with Crippen LogP contribution in [0.25, 0.3) is 22.5 Å². The largest absolute Gasteiger partial charge is 0.485 e. The van der Waals surface area contributed by atoms with Gasteiger partial charge in [0.05, 0.1) is 11.4 Å². The Balaban J connectivity index is 1.70. The van der Waals surface area contributed by atoms with Crippen molar-refractivity contribution in [2.45, 2.75) is 26.5 Å². The Morgan fingerprint density at radius 3 is 2.86 bits per heavy atom. The Hall–Kier alpha value is -3.08. The van der Waals surface area contributed by atoms with E-state index in [0.29, 0.717) is 40.9 Å². The van der Waals surface area contributed by atoms with Crippen LogP contribution < -0.4 is 10.1 Å². The van der Waals surface area contributed by atoms with Crippen molar-refractivity contribution in [3.05, 3.63) is 64.3 Å². The van der Waals surface area contributed by atoms with E-state index in [1.807, 2.05) is 24.9 Å². The number of fused-ring (bicyclic) bond motifs is 7. The van der Waals surface area contributed by atoms with Crippen molar-refractivity contribution >= 4 is 26.0 Å². The molecule has 5 rings (SSSR count). The maximum absolute atomic E-state index is 14.3. The molecule has 0 unspecified atom stereocenters. The predicted octanol–water partition coefficient (Wildman–Crippen LogP) is 4.24. The summed E-state index contributed by atoms with van der Waals surface area (Å²) >= 11 is 6.63. The minimum atomic E-state index is -2.53. The fourth-order valence-electron chi connectivity index (χ4n) is 4.31. The Bertz CT molecular complexity index is 1430. The van der Waals surface area contributed by atoms with E-state index in [9.17, 15) is 4.39 Å². The molecule has 36 heavy (non-hydrogen) atoms. The van der Waals surface area contributed by atoms with E-state index in [4.69, 9.17) is 30.6 Å². The van der Waals surface area contributed by atoms with Gasteiger partial charge in [-0.3, -0.25) is 13.9 Å². The standard InChI is InChI=1S/C23H23ClFN6O4P/c1-3-31-21-13-8-19(23(26-9-13)27-12-35-36(32)33)34-11-15-6-16(25)4-5-17(15)20-14(10-30(2)28-20)7-18(21)22(24)29-31/h4-6,8-10,32-33H,3,7,11-12H2,1-2H3,(H,26,27). The van der Waals surface area contributed by atoms with Crippen LogP contribution in [0.1, 0.15) is 23.6 Å². The molecule has 13 heteroatoms. The first-order valence-corrected chi connectivity index (χ1v) is 12.6. The topological polar surface area (TPSA) is 119 Å². The lowest BCUT2D eigenvalue weighted by atomic mass is 9.97. The normalized spacial score (nSPS) is 12.8. The summed E-state index contributed by atoms with van der Waals surface area (Å²) in [6.07, 6.45) is 4.03. The number of hydrogen-bond acceptors (Lipinski definition) is 8. The van der Waals surface area contributed by atoms with E-state index in [1.165, 1.54) is 12.1 Å². The summed E-state index contributed by atoms with van der Waals surface area (Å²) in [6.45, 7) is 2.39. The van der Waals surface area contributed by atoms with Crippen LogP contribution >= 0.6 is 20.2 Å². The van der Waals surface area contributed by atoms with Gasteiger partial charge in [-0.2, -0.15) is 10.2 Å². The van der Waals surface area contributed by atoms with Crippen molar-refractivity contribution in [2.24, 2.45) is 7.05 Å². The molecule has 4 heterocycles. The van der Waals surface area contributed by atoms with Crippen molar-refractivity contribution in [3.63, 3.8) is 0 Å². The highest BCUT2D eigenvalue weighted by molar-refractivity contribution is 7.39. The lowest BCUT2D eigenvalue weighted by Crippen LogP contribution is -2.09. The van der Waals surface area contributed by atoms with Crippen LogP contribution in [0.2, 0.25) is 5.15 Å². The second kappa shape index (κ2) is 10.1. The van der Waals surface area contributed by atoms with Gasteiger partial charge in [-0.1, -0.05) is 11.6 Å². The second-order valence-electron chi connectivity index (χ2n) is 8.15. The van der Waals surface area contributed by atoms with Crippen LogP contribution in [0.4, 0.5) is 10.2 Å². The molecule has 10 nitrogen and oxygen atoms in total. The third kappa shape index (κ3) is 4.80. The number of rotatable bonds is 5. The molecule has 1 aliphatic heterocycles. The van der Waals surface area contributed by atoms with Crippen molar-refractivity contribution in [3.8, 4) is 28.3 Å². The van der Waals surface area contributed by atoms with Crippen LogP contribution in [0, 0.1) is 5.82 Å². The third-order valence-corrected chi connectivity index (χ3v) is 6.49. The molecule has 4 aromatic rings. The van der Waals surface area contributed by atoms with Crippen molar-refractivity contribution < 1.29 is 23.4 Å². The van der Waals surface area contributed by atoms with Gasteiger partial charge in [-0.25, -0.2) is 9.37 Å². The van der Waals surface area contributed by atoms with Gasteiger partial charge in [0.25, 0.3) is 0 Å². The van der Waals surface area contributed by atoms with Gasteiger partial charge in [0.15, 0.2) is 16.7 Å². The summed E-state index contributed by atoms with van der Waals surface area (Å²) < 4.78 is 28.8. The lowest BCUT2D eigenvalue weighted by Gasteiger charge is -2.17. The zero-order valence-corrected chi connectivity index (χ0v) is 21.1. The summed E-state index contributed by atoms with van der Waals surface area (Å²) in [7, 11) is -0.700. The third-order valence-electron chi connectivity index (χ3n) is 5.82. The van der Waals surface area contributed by atoms with E-state index >= 15 is 0 Å². The maximum Gasteiger partial charge on any atom is 0.328 e. The minimum absolute atomic E-state index is 0.0388. The fraction of sp³-hybridized carbons (Fsp3) is 0.261. The van der Waals surface area contributed by atoms with Crippen molar-refractivity contribution in [2.75, 3.05) is 12.0 Å². The number of ether oxygens (including phenoxy) is 1. The zero-order valence-electron chi connectivity index (χ0n) is 19.4. The van der Waals surface area contributed by atoms with Gasteiger partial charge in [0, 0.05) is 60.2 Å². The molecule has 3 aromatic heterocycles. The van der Waals surface area contributed by atoms with Gasteiger partial charge in [0.1, 0.15) is 19.2 Å². The molecule has 0 atom stereocenters. The van der Waals surface area contributed by atoms with Crippen LogP contribution in [0.5, 0.6) is 5.75 Å². The fourth-order valence-corrected chi connectivity index (χ4v) is 4.73. The number of aryl methyl sites for hydroxylation is 2. The molecule has 0 spiro atoms. The maximum atomic E-state index is 14.3. The highest BCUT2D eigenvalue weighted by atomic mass is 35.5. The summed E-state index contributed by atoms with van der Waals surface area (Å²) in [4.78, 5) is 22.6. The molecular weight excluding hydrogens is 510 g/mol. The molecule has 188 valence electrons. The van der Waals surface area contributed by atoms with Gasteiger partial charge in [-0.15, -0.1) is 0 Å². The summed E-state index contributed by atoms with van der Waals surface area (Å²) in [5, 5.41) is 12.4. The van der Waals surface area contributed by atoms with E-state index in [-0.39, 0.29) is 13.3 Å². The number of nitrogens with one attached hydrogen (secondary N) is 1. The number of anilines is 1. The molecule has 0 aliphatic carbocycles. The Kier molecular flexibility index (Phi) is 6.92. The highest BCUT2D eigenvalue weighted by Crippen LogP contribution is 2.38. The molecular formula is C23H23ClFN6O4P. The van der Waals surface area contributed by atoms with E-state index in [2.05, 4.69) is 20.5 Å². The SMILES string of the molecule is CCn1nc(Cl)c2c1-c1cnc(NCOP(O)O)c(c1)OCc1cc(F)ccc1-c1nn(C)cc1C2. The Morgan fingerprint density at radius 1 is 1.25 bits per heavy atom. The van der Waals surface area contributed by atoms with E-state index < -0.39 is 14.4 Å². The Morgan fingerprint density at radius 2 is 2.08 bits per heavy atom. The number of nitrogens with zero attached hydrogens (tertiary/aromatic N) is 5. The molecule has 1 aromatic carbocycles. The first-order valence-electron chi connectivity index (χ1n) is 11.1. The average Bonchev–Trinajstić information content (AvgIpc) is 3.36. The van der Waals surface area contributed by atoms with E-state index in [1.54, 1.807) is 23.0 Å².